The maximum Gasteiger partial charge on any atom is 0.254 e. The number of nitrogens with zero attached hydrogens (tertiary/aromatic N) is 2. The molecule has 2 heterocycles. The molecule has 1 aliphatic heterocycles. The molecule has 3 rings (SSSR count). The van der Waals surface area contributed by atoms with Gasteiger partial charge in [0.25, 0.3) is 5.91 Å². The number of nitrogens with one attached hydrogen (secondary N) is 1. The summed E-state index contributed by atoms with van der Waals surface area (Å²) in [4.78, 5) is 12.0. The van der Waals surface area contributed by atoms with Gasteiger partial charge < -0.3 is 5.32 Å². The number of hydrogen-bond donors (Lipinski definition) is 1. The zero-order valence-electron chi connectivity index (χ0n) is 10.8. The van der Waals surface area contributed by atoms with Gasteiger partial charge in [0.2, 0.25) is 0 Å². The first-order chi connectivity index (χ1) is 8.96. The van der Waals surface area contributed by atoms with E-state index in [4.69, 9.17) is 0 Å². The monoisotopic (exact) mass is 283 g/mol. The Morgan fingerprint density at radius 3 is 2.74 bits per heavy atom. The first-order valence-electron chi connectivity index (χ1n) is 6.52. The van der Waals surface area contributed by atoms with E-state index in [0.717, 1.165) is 18.5 Å². The van der Waals surface area contributed by atoms with Crippen molar-refractivity contribution in [3.05, 3.63) is 17.5 Å². The molecule has 0 bridgehead atoms. The van der Waals surface area contributed by atoms with Crippen LogP contribution in [-0.2, 0) is 9.84 Å². The van der Waals surface area contributed by atoms with Crippen LogP contribution in [0.25, 0.3) is 0 Å². The summed E-state index contributed by atoms with van der Waals surface area (Å²) in [6.07, 6.45) is 4.20. The smallest absolute Gasteiger partial charge is 0.254 e. The molecular formula is C12H17N3O3S. The van der Waals surface area contributed by atoms with E-state index in [9.17, 15) is 13.2 Å². The number of sulfone groups is 1. The fraction of sp³-hybridized carbons (Fsp3) is 0.667. The molecule has 1 amide bonds. The standard InChI is InChI=1S/C12H17N3O3S/c1-8-11(12(16)14-9-2-3-9)6-13-15(8)10-4-5-19(17,18)7-10/h6,9-10H,2-5,7H2,1H3,(H,14,16). The summed E-state index contributed by atoms with van der Waals surface area (Å²) < 4.78 is 24.7. The summed E-state index contributed by atoms with van der Waals surface area (Å²) in [5.74, 6) is 0.229. The van der Waals surface area contributed by atoms with E-state index in [1.165, 1.54) is 6.20 Å². The molecule has 1 unspecified atom stereocenters. The topological polar surface area (TPSA) is 81.1 Å². The van der Waals surface area contributed by atoms with Gasteiger partial charge in [-0.3, -0.25) is 9.48 Å². The molecule has 1 N–H and O–H groups in total. The Morgan fingerprint density at radius 2 is 2.16 bits per heavy atom. The van der Waals surface area contributed by atoms with Gasteiger partial charge in [-0.1, -0.05) is 0 Å². The summed E-state index contributed by atoms with van der Waals surface area (Å²) in [5, 5.41) is 7.12. The van der Waals surface area contributed by atoms with E-state index < -0.39 is 9.84 Å². The van der Waals surface area contributed by atoms with Crippen LogP contribution >= 0.6 is 0 Å². The summed E-state index contributed by atoms with van der Waals surface area (Å²) in [6.45, 7) is 1.82. The van der Waals surface area contributed by atoms with Crippen molar-refractivity contribution in [1.82, 2.24) is 15.1 Å². The van der Waals surface area contributed by atoms with Gasteiger partial charge in [0.05, 0.1) is 29.3 Å². The fourth-order valence-corrected chi connectivity index (χ4v) is 4.17. The molecule has 19 heavy (non-hydrogen) atoms. The highest BCUT2D eigenvalue weighted by Gasteiger charge is 2.32. The van der Waals surface area contributed by atoms with Gasteiger partial charge >= 0.3 is 0 Å². The number of amides is 1. The molecule has 7 heteroatoms. The number of carbonyl (C=O) groups is 1. The van der Waals surface area contributed by atoms with Gasteiger partial charge in [0.1, 0.15) is 0 Å². The Labute approximate surface area is 112 Å². The van der Waals surface area contributed by atoms with Crippen molar-refractivity contribution < 1.29 is 13.2 Å². The molecule has 2 aliphatic rings. The van der Waals surface area contributed by atoms with E-state index in [-0.39, 0.29) is 23.5 Å². The summed E-state index contributed by atoms with van der Waals surface area (Å²) in [7, 11) is -2.94. The third kappa shape index (κ3) is 2.51. The van der Waals surface area contributed by atoms with Crippen LogP contribution in [-0.4, -0.2) is 41.7 Å². The average Bonchev–Trinajstić information content (AvgIpc) is 2.95. The minimum absolute atomic E-state index is 0.105. The van der Waals surface area contributed by atoms with Gasteiger partial charge in [0, 0.05) is 11.7 Å². The lowest BCUT2D eigenvalue weighted by molar-refractivity contribution is 0.0950. The Morgan fingerprint density at radius 1 is 1.42 bits per heavy atom. The quantitative estimate of drug-likeness (QED) is 0.873. The van der Waals surface area contributed by atoms with Crippen molar-refractivity contribution in [2.45, 2.75) is 38.3 Å². The lowest BCUT2D eigenvalue weighted by Gasteiger charge is -2.11. The highest BCUT2D eigenvalue weighted by atomic mass is 32.2. The number of aromatic nitrogens is 2. The second kappa shape index (κ2) is 4.33. The maximum absolute atomic E-state index is 12.0. The van der Waals surface area contributed by atoms with Gasteiger partial charge in [-0.15, -0.1) is 0 Å². The molecule has 2 fully saturated rings. The lowest BCUT2D eigenvalue weighted by Crippen LogP contribution is -2.26. The molecule has 1 atom stereocenters. The first kappa shape index (κ1) is 12.7. The number of carbonyl (C=O) groups excluding carboxylic acids is 1. The Bertz CT molecular complexity index is 616. The van der Waals surface area contributed by atoms with Crippen LogP contribution < -0.4 is 5.32 Å². The second-order valence-electron chi connectivity index (χ2n) is 5.39. The highest BCUT2D eigenvalue weighted by molar-refractivity contribution is 7.91. The molecule has 0 spiro atoms. The Balaban J connectivity index is 1.80. The third-order valence-electron chi connectivity index (χ3n) is 3.76. The average molecular weight is 283 g/mol. The molecular weight excluding hydrogens is 266 g/mol. The molecule has 1 saturated heterocycles. The lowest BCUT2D eigenvalue weighted by atomic mass is 10.2. The zero-order valence-corrected chi connectivity index (χ0v) is 11.6. The van der Waals surface area contributed by atoms with Crippen LogP contribution in [0.2, 0.25) is 0 Å². The fourth-order valence-electron chi connectivity index (χ4n) is 2.47. The van der Waals surface area contributed by atoms with Crippen LogP contribution in [0.4, 0.5) is 0 Å². The summed E-state index contributed by atoms with van der Waals surface area (Å²) in [5.41, 5.74) is 1.30. The van der Waals surface area contributed by atoms with Gasteiger partial charge in [-0.25, -0.2) is 8.42 Å². The normalized spacial score (nSPS) is 25.4. The zero-order chi connectivity index (χ0) is 13.6. The SMILES string of the molecule is Cc1c(C(=O)NC2CC2)cnn1C1CCS(=O)(=O)C1. The Kier molecular flexibility index (Phi) is 2.88. The van der Waals surface area contributed by atoms with E-state index in [2.05, 4.69) is 10.4 Å². The van der Waals surface area contributed by atoms with Crippen LogP contribution in [0.3, 0.4) is 0 Å². The maximum atomic E-state index is 12.0. The Hall–Kier alpha value is -1.37. The van der Waals surface area contributed by atoms with E-state index in [0.29, 0.717) is 18.0 Å². The van der Waals surface area contributed by atoms with Gasteiger partial charge in [-0.05, 0) is 26.2 Å². The van der Waals surface area contributed by atoms with Crippen LogP contribution in [0, 0.1) is 6.92 Å². The van der Waals surface area contributed by atoms with Crippen molar-refractivity contribution in [3.63, 3.8) is 0 Å². The van der Waals surface area contributed by atoms with Crippen molar-refractivity contribution in [2.75, 3.05) is 11.5 Å². The molecule has 1 saturated carbocycles. The van der Waals surface area contributed by atoms with Crippen LogP contribution in [0.1, 0.15) is 41.4 Å². The van der Waals surface area contributed by atoms with Gasteiger partial charge in [-0.2, -0.15) is 5.10 Å². The van der Waals surface area contributed by atoms with Crippen LogP contribution in [0.15, 0.2) is 6.20 Å². The first-order valence-corrected chi connectivity index (χ1v) is 8.34. The molecule has 104 valence electrons. The predicted octanol–water partition coefficient (Wildman–Crippen LogP) is 0.443. The predicted molar refractivity (Wildman–Crippen MR) is 69.8 cm³/mol. The summed E-state index contributed by atoms with van der Waals surface area (Å²) in [6, 6.07) is 0.176. The largest absolute Gasteiger partial charge is 0.349 e. The molecule has 1 aromatic heterocycles. The van der Waals surface area contributed by atoms with Crippen molar-refractivity contribution in [1.29, 1.82) is 0 Å². The highest BCUT2D eigenvalue weighted by Crippen LogP contribution is 2.26. The third-order valence-corrected chi connectivity index (χ3v) is 5.51. The number of hydrogen-bond acceptors (Lipinski definition) is 4. The molecule has 1 aliphatic carbocycles. The van der Waals surface area contributed by atoms with E-state index in [1.54, 1.807) is 4.68 Å². The molecule has 0 aromatic carbocycles. The minimum Gasteiger partial charge on any atom is -0.349 e. The molecule has 1 aromatic rings. The van der Waals surface area contributed by atoms with Crippen molar-refractivity contribution >= 4 is 15.7 Å². The van der Waals surface area contributed by atoms with Crippen LogP contribution in [0.5, 0.6) is 0 Å². The second-order valence-corrected chi connectivity index (χ2v) is 7.62. The van der Waals surface area contributed by atoms with Gasteiger partial charge in [0.15, 0.2) is 9.84 Å². The molecule has 6 nitrogen and oxygen atoms in total. The minimum atomic E-state index is -2.94. The van der Waals surface area contributed by atoms with E-state index >= 15 is 0 Å². The van der Waals surface area contributed by atoms with Crippen molar-refractivity contribution in [2.24, 2.45) is 0 Å². The number of rotatable bonds is 3. The van der Waals surface area contributed by atoms with Crippen molar-refractivity contribution in [3.8, 4) is 0 Å². The summed E-state index contributed by atoms with van der Waals surface area (Å²) >= 11 is 0. The molecule has 0 radical (unpaired) electrons. The van der Waals surface area contributed by atoms with E-state index in [1.807, 2.05) is 6.92 Å².